The molecule has 0 aliphatic carbocycles. The SMILES string of the molecule is CCN(c1cccc(C)c1)c1ccc([N+](=O)[O-])cc1CO. The lowest BCUT2D eigenvalue weighted by molar-refractivity contribution is -0.384. The van der Waals surface area contributed by atoms with E-state index in [2.05, 4.69) is 0 Å². The van der Waals surface area contributed by atoms with Crippen molar-refractivity contribution in [2.75, 3.05) is 11.4 Å². The lowest BCUT2D eigenvalue weighted by atomic mass is 10.1. The Morgan fingerprint density at radius 3 is 2.57 bits per heavy atom. The molecular weight excluding hydrogens is 268 g/mol. The minimum Gasteiger partial charge on any atom is -0.392 e. The highest BCUT2D eigenvalue weighted by Crippen LogP contribution is 2.31. The molecule has 0 saturated carbocycles. The molecule has 0 bridgehead atoms. The van der Waals surface area contributed by atoms with Crippen molar-refractivity contribution in [3.8, 4) is 0 Å². The maximum absolute atomic E-state index is 10.8. The quantitative estimate of drug-likeness (QED) is 0.674. The third kappa shape index (κ3) is 3.20. The van der Waals surface area contributed by atoms with E-state index in [1.165, 1.54) is 12.1 Å². The molecule has 0 aromatic heterocycles. The molecular formula is C16H18N2O3. The third-order valence-corrected chi connectivity index (χ3v) is 3.36. The molecule has 21 heavy (non-hydrogen) atoms. The zero-order chi connectivity index (χ0) is 15.4. The molecule has 2 aromatic carbocycles. The standard InChI is InChI=1S/C16H18N2O3/c1-3-17(14-6-4-5-12(2)9-14)16-8-7-15(18(20)21)10-13(16)11-19/h4-10,19H,3,11H2,1-2H3. The molecule has 2 rings (SSSR count). The minimum absolute atomic E-state index is 0.0110. The van der Waals surface area contributed by atoms with E-state index in [1.807, 2.05) is 43.0 Å². The number of aliphatic hydroxyl groups is 1. The Hall–Kier alpha value is -2.40. The molecule has 0 aliphatic rings. The van der Waals surface area contributed by atoms with Crippen molar-refractivity contribution < 1.29 is 10.0 Å². The number of hydrogen-bond acceptors (Lipinski definition) is 4. The Kier molecular flexibility index (Phi) is 4.55. The van der Waals surface area contributed by atoms with E-state index < -0.39 is 4.92 Å². The van der Waals surface area contributed by atoms with Crippen LogP contribution < -0.4 is 4.90 Å². The van der Waals surface area contributed by atoms with Gasteiger partial charge in [-0.3, -0.25) is 10.1 Å². The van der Waals surface area contributed by atoms with Gasteiger partial charge in [0.15, 0.2) is 0 Å². The minimum atomic E-state index is -0.452. The number of aliphatic hydroxyl groups excluding tert-OH is 1. The van der Waals surface area contributed by atoms with Crippen LogP contribution in [0.2, 0.25) is 0 Å². The summed E-state index contributed by atoms with van der Waals surface area (Å²) in [7, 11) is 0. The topological polar surface area (TPSA) is 66.6 Å². The first kappa shape index (κ1) is 15.0. The largest absolute Gasteiger partial charge is 0.392 e. The van der Waals surface area contributed by atoms with Crippen LogP contribution in [0.4, 0.5) is 17.1 Å². The van der Waals surface area contributed by atoms with E-state index in [0.29, 0.717) is 12.1 Å². The van der Waals surface area contributed by atoms with E-state index in [9.17, 15) is 15.2 Å². The molecule has 5 heteroatoms. The molecule has 0 atom stereocenters. The fourth-order valence-corrected chi connectivity index (χ4v) is 2.36. The zero-order valence-corrected chi connectivity index (χ0v) is 12.1. The molecule has 0 aliphatic heterocycles. The van der Waals surface area contributed by atoms with Crippen LogP contribution in [0.3, 0.4) is 0 Å². The predicted molar refractivity (Wildman–Crippen MR) is 82.9 cm³/mol. The van der Waals surface area contributed by atoms with Gasteiger partial charge in [0.05, 0.1) is 11.5 Å². The summed E-state index contributed by atoms with van der Waals surface area (Å²) in [6, 6.07) is 12.6. The zero-order valence-electron chi connectivity index (χ0n) is 12.1. The van der Waals surface area contributed by atoms with Gasteiger partial charge < -0.3 is 10.0 Å². The van der Waals surface area contributed by atoms with Crippen LogP contribution in [-0.4, -0.2) is 16.6 Å². The monoisotopic (exact) mass is 286 g/mol. The highest BCUT2D eigenvalue weighted by atomic mass is 16.6. The summed E-state index contributed by atoms with van der Waals surface area (Å²) in [5.74, 6) is 0. The number of non-ortho nitro benzene ring substituents is 1. The van der Waals surface area contributed by atoms with Crippen LogP contribution >= 0.6 is 0 Å². The summed E-state index contributed by atoms with van der Waals surface area (Å²) in [6.07, 6.45) is 0. The summed E-state index contributed by atoms with van der Waals surface area (Å²) in [4.78, 5) is 12.4. The number of benzene rings is 2. The van der Waals surface area contributed by atoms with Gasteiger partial charge in [-0.15, -0.1) is 0 Å². The average molecular weight is 286 g/mol. The number of hydrogen-bond donors (Lipinski definition) is 1. The Balaban J connectivity index is 2.49. The summed E-state index contributed by atoms with van der Waals surface area (Å²) >= 11 is 0. The first-order chi connectivity index (χ1) is 10.1. The van der Waals surface area contributed by atoms with Crippen LogP contribution in [0.5, 0.6) is 0 Å². The molecule has 0 amide bonds. The van der Waals surface area contributed by atoms with Gasteiger partial charge in [0.25, 0.3) is 5.69 Å². The number of aryl methyl sites for hydroxylation is 1. The first-order valence-corrected chi connectivity index (χ1v) is 6.79. The molecule has 110 valence electrons. The first-order valence-electron chi connectivity index (χ1n) is 6.79. The van der Waals surface area contributed by atoms with E-state index in [0.717, 1.165) is 16.9 Å². The normalized spacial score (nSPS) is 10.4. The predicted octanol–water partition coefficient (Wildman–Crippen LogP) is 3.55. The molecule has 0 spiro atoms. The highest BCUT2D eigenvalue weighted by molar-refractivity contribution is 5.68. The molecule has 0 fully saturated rings. The Morgan fingerprint density at radius 1 is 1.24 bits per heavy atom. The van der Waals surface area contributed by atoms with Crippen LogP contribution in [0, 0.1) is 17.0 Å². The van der Waals surface area contributed by atoms with Crippen molar-refractivity contribution in [3.63, 3.8) is 0 Å². The van der Waals surface area contributed by atoms with Gasteiger partial charge in [-0.25, -0.2) is 0 Å². The number of nitro groups is 1. The van der Waals surface area contributed by atoms with Gasteiger partial charge in [-0.2, -0.15) is 0 Å². The average Bonchev–Trinajstić information content (AvgIpc) is 2.48. The van der Waals surface area contributed by atoms with Crippen molar-refractivity contribution in [1.29, 1.82) is 0 Å². The molecule has 0 saturated heterocycles. The number of nitro benzene ring substituents is 1. The number of nitrogens with zero attached hydrogens (tertiary/aromatic N) is 2. The van der Waals surface area contributed by atoms with Crippen molar-refractivity contribution in [3.05, 3.63) is 63.7 Å². The van der Waals surface area contributed by atoms with E-state index >= 15 is 0 Å². The van der Waals surface area contributed by atoms with Crippen molar-refractivity contribution >= 4 is 17.1 Å². The maximum Gasteiger partial charge on any atom is 0.269 e. The van der Waals surface area contributed by atoms with E-state index in [4.69, 9.17) is 0 Å². The fraction of sp³-hybridized carbons (Fsp3) is 0.250. The van der Waals surface area contributed by atoms with Gasteiger partial charge in [0.2, 0.25) is 0 Å². The van der Waals surface area contributed by atoms with Gasteiger partial charge in [0.1, 0.15) is 0 Å². The lowest BCUT2D eigenvalue weighted by Gasteiger charge is -2.25. The summed E-state index contributed by atoms with van der Waals surface area (Å²) in [5, 5.41) is 20.4. The number of rotatable bonds is 5. The van der Waals surface area contributed by atoms with Crippen LogP contribution in [0.25, 0.3) is 0 Å². The summed E-state index contributed by atoms with van der Waals surface area (Å²) in [6.45, 7) is 4.48. The van der Waals surface area contributed by atoms with Crippen molar-refractivity contribution in [2.24, 2.45) is 0 Å². The fourth-order valence-electron chi connectivity index (χ4n) is 2.36. The molecule has 1 N–H and O–H groups in total. The summed E-state index contributed by atoms with van der Waals surface area (Å²) < 4.78 is 0. The van der Waals surface area contributed by atoms with Crippen molar-refractivity contribution in [1.82, 2.24) is 0 Å². The van der Waals surface area contributed by atoms with Crippen LogP contribution in [-0.2, 0) is 6.61 Å². The smallest absolute Gasteiger partial charge is 0.269 e. The molecule has 0 unspecified atom stereocenters. The highest BCUT2D eigenvalue weighted by Gasteiger charge is 2.15. The Labute approximate surface area is 123 Å². The molecule has 0 radical (unpaired) electrons. The van der Waals surface area contributed by atoms with Gasteiger partial charge in [0, 0.05) is 35.6 Å². The second-order valence-corrected chi connectivity index (χ2v) is 4.81. The van der Waals surface area contributed by atoms with Gasteiger partial charge >= 0.3 is 0 Å². The van der Waals surface area contributed by atoms with Crippen LogP contribution in [0.1, 0.15) is 18.1 Å². The second kappa shape index (κ2) is 6.37. The Bertz CT molecular complexity index is 656. The van der Waals surface area contributed by atoms with Crippen molar-refractivity contribution in [2.45, 2.75) is 20.5 Å². The molecule has 2 aromatic rings. The second-order valence-electron chi connectivity index (χ2n) is 4.81. The van der Waals surface area contributed by atoms with Crippen LogP contribution in [0.15, 0.2) is 42.5 Å². The molecule has 0 heterocycles. The van der Waals surface area contributed by atoms with E-state index in [1.54, 1.807) is 6.07 Å². The summed E-state index contributed by atoms with van der Waals surface area (Å²) in [5.41, 5.74) is 3.46. The van der Waals surface area contributed by atoms with Gasteiger partial charge in [-0.05, 0) is 37.6 Å². The Morgan fingerprint density at radius 2 is 2.00 bits per heavy atom. The molecule has 5 nitrogen and oxygen atoms in total. The lowest BCUT2D eigenvalue weighted by Crippen LogP contribution is -2.18. The van der Waals surface area contributed by atoms with Gasteiger partial charge in [-0.1, -0.05) is 12.1 Å². The maximum atomic E-state index is 10.8. The van der Waals surface area contributed by atoms with E-state index in [-0.39, 0.29) is 12.3 Å². The third-order valence-electron chi connectivity index (χ3n) is 3.36. The number of anilines is 2.